The van der Waals surface area contributed by atoms with Crippen molar-refractivity contribution in [3.63, 3.8) is 0 Å². The van der Waals surface area contributed by atoms with Crippen LogP contribution in [0.2, 0.25) is 0 Å². The number of para-hydroxylation sites is 1. The number of ether oxygens (including phenoxy) is 2. The van der Waals surface area contributed by atoms with Crippen LogP contribution in [0, 0.1) is 0 Å². The third-order valence-electron chi connectivity index (χ3n) is 4.45. The molecule has 1 saturated heterocycles. The molecule has 0 saturated carbocycles. The maximum atomic E-state index is 12.7. The highest BCUT2D eigenvalue weighted by molar-refractivity contribution is 5.97. The lowest BCUT2D eigenvalue weighted by molar-refractivity contribution is -0.135. The molecule has 0 radical (unpaired) electrons. The van der Waals surface area contributed by atoms with Gasteiger partial charge in [-0.25, -0.2) is 0 Å². The normalized spacial score (nSPS) is 24.0. The highest BCUT2D eigenvalue weighted by Gasteiger charge is 2.37. The third-order valence-corrected chi connectivity index (χ3v) is 4.45. The maximum absolute atomic E-state index is 12.7. The number of aromatic amines is 1. The van der Waals surface area contributed by atoms with Crippen molar-refractivity contribution < 1.29 is 19.4 Å². The Morgan fingerprint density at radius 3 is 2.88 bits per heavy atom. The number of aromatic nitrogens is 1. The highest BCUT2D eigenvalue weighted by Crippen LogP contribution is 2.18. The van der Waals surface area contributed by atoms with Gasteiger partial charge in [-0.2, -0.15) is 0 Å². The van der Waals surface area contributed by atoms with Crippen LogP contribution in [-0.2, 0) is 9.47 Å². The van der Waals surface area contributed by atoms with Crippen molar-refractivity contribution in [2.45, 2.75) is 18.2 Å². The fourth-order valence-electron chi connectivity index (χ4n) is 2.95. The molecule has 3 rings (SSSR count). The minimum absolute atomic E-state index is 0.0305. The summed E-state index contributed by atoms with van der Waals surface area (Å²) in [6, 6.07) is 8.23. The van der Waals surface area contributed by atoms with Crippen LogP contribution in [0.1, 0.15) is 10.4 Å². The van der Waals surface area contributed by atoms with Gasteiger partial charge >= 0.3 is 0 Å². The second-order valence-electron chi connectivity index (χ2n) is 5.88. The van der Waals surface area contributed by atoms with Crippen LogP contribution in [0.3, 0.4) is 0 Å². The standard InChI is InChI=1S/C17H20N2O5/c1-19(13-8-24-9-14(23-2)15(13)20)17(22)11-7-10-5-3-4-6-12(10)18-16(11)21/h3-7,13-15,20H,8-9H2,1-2H3,(H,18,21)/t13-,14-,15+/m1/s1. The van der Waals surface area contributed by atoms with Gasteiger partial charge in [-0.3, -0.25) is 9.59 Å². The molecular weight excluding hydrogens is 312 g/mol. The zero-order valence-corrected chi connectivity index (χ0v) is 13.6. The predicted octanol–water partition coefficient (Wildman–Crippen LogP) is 0.375. The summed E-state index contributed by atoms with van der Waals surface area (Å²) in [6.45, 7) is 0.460. The number of rotatable bonds is 3. The molecule has 2 heterocycles. The van der Waals surface area contributed by atoms with Crippen LogP contribution in [0.25, 0.3) is 10.9 Å². The van der Waals surface area contributed by atoms with E-state index in [-0.39, 0.29) is 18.8 Å². The van der Waals surface area contributed by atoms with Crippen molar-refractivity contribution in [1.29, 1.82) is 0 Å². The molecule has 0 aliphatic carbocycles. The van der Waals surface area contributed by atoms with Crippen LogP contribution in [0.5, 0.6) is 0 Å². The molecule has 24 heavy (non-hydrogen) atoms. The number of carbonyl (C=O) groups excluding carboxylic acids is 1. The monoisotopic (exact) mass is 332 g/mol. The summed E-state index contributed by atoms with van der Waals surface area (Å²) in [7, 11) is 3.03. The molecule has 7 heteroatoms. The van der Waals surface area contributed by atoms with Crippen LogP contribution >= 0.6 is 0 Å². The van der Waals surface area contributed by atoms with Gasteiger partial charge in [0.25, 0.3) is 11.5 Å². The summed E-state index contributed by atoms with van der Waals surface area (Å²) in [6.07, 6.45) is -1.38. The van der Waals surface area contributed by atoms with Gasteiger partial charge in [0.15, 0.2) is 0 Å². The largest absolute Gasteiger partial charge is 0.388 e. The highest BCUT2D eigenvalue weighted by atomic mass is 16.5. The molecule has 1 aromatic heterocycles. The van der Waals surface area contributed by atoms with Crippen LogP contribution in [0.15, 0.2) is 35.1 Å². The number of benzene rings is 1. The lowest BCUT2D eigenvalue weighted by atomic mass is 10.0. The summed E-state index contributed by atoms with van der Waals surface area (Å²) < 4.78 is 10.6. The van der Waals surface area contributed by atoms with E-state index in [1.807, 2.05) is 18.2 Å². The van der Waals surface area contributed by atoms with Gasteiger partial charge in [0.2, 0.25) is 0 Å². The molecule has 1 aliphatic rings. The van der Waals surface area contributed by atoms with Crippen molar-refractivity contribution in [2.24, 2.45) is 0 Å². The first-order chi connectivity index (χ1) is 11.5. The number of nitrogens with zero attached hydrogens (tertiary/aromatic N) is 1. The summed E-state index contributed by atoms with van der Waals surface area (Å²) in [5.41, 5.74) is 0.241. The first-order valence-electron chi connectivity index (χ1n) is 7.70. The predicted molar refractivity (Wildman–Crippen MR) is 88.1 cm³/mol. The molecule has 0 spiro atoms. The zero-order valence-electron chi connectivity index (χ0n) is 13.6. The molecule has 3 atom stereocenters. The molecule has 1 amide bonds. The topological polar surface area (TPSA) is 91.9 Å². The average Bonchev–Trinajstić information content (AvgIpc) is 2.60. The van der Waals surface area contributed by atoms with E-state index >= 15 is 0 Å². The number of aliphatic hydroxyl groups excluding tert-OH is 1. The molecule has 2 N–H and O–H groups in total. The number of nitrogens with one attached hydrogen (secondary N) is 1. The van der Waals surface area contributed by atoms with E-state index < -0.39 is 29.7 Å². The Morgan fingerprint density at radius 1 is 1.38 bits per heavy atom. The van der Waals surface area contributed by atoms with E-state index in [2.05, 4.69) is 4.98 Å². The molecule has 0 unspecified atom stereocenters. The van der Waals surface area contributed by atoms with E-state index in [1.165, 1.54) is 12.0 Å². The average molecular weight is 332 g/mol. The Morgan fingerprint density at radius 2 is 2.12 bits per heavy atom. The number of fused-ring (bicyclic) bond motifs is 1. The molecule has 1 aliphatic heterocycles. The quantitative estimate of drug-likeness (QED) is 0.847. The molecule has 128 valence electrons. The Balaban J connectivity index is 1.91. The summed E-state index contributed by atoms with van der Waals surface area (Å²) >= 11 is 0. The van der Waals surface area contributed by atoms with Gasteiger partial charge in [0.05, 0.1) is 19.3 Å². The minimum atomic E-state index is -0.878. The molecule has 2 aromatic rings. The van der Waals surface area contributed by atoms with Crippen LogP contribution < -0.4 is 5.56 Å². The second-order valence-corrected chi connectivity index (χ2v) is 5.88. The fourth-order valence-corrected chi connectivity index (χ4v) is 2.95. The van der Waals surface area contributed by atoms with Crippen LogP contribution in [0.4, 0.5) is 0 Å². The van der Waals surface area contributed by atoms with Gasteiger partial charge < -0.3 is 24.5 Å². The Bertz CT molecular complexity index is 803. The summed E-state index contributed by atoms with van der Waals surface area (Å²) in [5.74, 6) is -0.466. The van der Waals surface area contributed by atoms with E-state index in [1.54, 1.807) is 19.2 Å². The maximum Gasteiger partial charge on any atom is 0.261 e. The van der Waals surface area contributed by atoms with Gasteiger partial charge in [-0.1, -0.05) is 18.2 Å². The molecule has 1 fully saturated rings. The van der Waals surface area contributed by atoms with E-state index in [0.29, 0.717) is 5.52 Å². The number of pyridine rings is 1. The van der Waals surface area contributed by atoms with Crippen molar-refractivity contribution in [1.82, 2.24) is 9.88 Å². The van der Waals surface area contributed by atoms with Crippen molar-refractivity contribution in [3.8, 4) is 0 Å². The lowest BCUT2D eigenvalue weighted by Crippen LogP contribution is -2.57. The molecule has 7 nitrogen and oxygen atoms in total. The van der Waals surface area contributed by atoms with Gasteiger partial charge in [0.1, 0.15) is 17.8 Å². The SMILES string of the molecule is CO[C@@H]1COC[C@@H](N(C)C(=O)c2cc3ccccc3[nH]c2=O)[C@@H]1O. The molecular formula is C17H20N2O5. The fraction of sp³-hybridized carbons (Fsp3) is 0.412. The third kappa shape index (κ3) is 2.93. The number of amides is 1. The summed E-state index contributed by atoms with van der Waals surface area (Å²) in [4.78, 5) is 29.0. The number of H-pyrrole nitrogens is 1. The number of methoxy groups -OCH3 is 1. The minimum Gasteiger partial charge on any atom is -0.388 e. The number of aliphatic hydroxyl groups is 1. The second kappa shape index (κ2) is 6.72. The number of hydrogen-bond donors (Lipinski definition) is 2. The molecule has 1 aromatic carbocycles. The zero-order chi connectivity index (χ0) is 17.3. The van der Waals surface area contributed by atoms with Crippen LogP contribution in [-0.4, -0.2) is 66.5 Å². The van der Waals surface area contributed by atoms with E-state index in [0.717, 1.165) is 5.39 Å². The van der Waals surface area contributed by atoms with Gasteiger partial charge in [-0.15, -0.1) is 0 Å². The summed E-state index contributed by atoms with van der Waals surface area (Å²) in [5, 5.41) is 11.1. The van der Waals surface area contributed by atoms with Gasteiger partial charge in [-0.05, 0) is 17.5 Å². The smallest absolute Gasteiger partial charge is 0.261 e. The van der Waals surface area contributed by atoms with Crippen molar-refractivity contribution in [2.75, 3.05) is 27.4 Å². The van der Waals surface area contributed by atoms with E-state index in [9.17, 15) is 14.7 Å². The number of likely N-dealkylation sites (N-methyl/N-ethyl adjacent to an activating group) is 1. The Kier molecular flexibility index (Phi) is 4.66. The number of hydrogen-bond acceptors (Lipinski definition) is 5. The first kappa shape index (κ1) is 16.6. The molecule has 0 bridgehead atoms. The first-order valence-corrected chi connectivity index (χ1v) is 7.70. The lowest BCUT2D eigenvalue weighted by Gasteiger charge is -2.38. The van der Waals surface area contributed by atoms with Crippen molar-refractivity contribution in [3.05, 3.63) is 46.2 Å². The van der Waals surface area contributed by atoms with E-state index in [4.69, 9.17) is 9.47 Å². The van der Waals surface area contributed by atoms with Crippen molar-refractivity contribution >= 4 is 16.8 Å². The number of carbonyl (C=O) groups is 1. The Hall–Kier alpha value is -2.22. The van der Waals surface area contributed by atoms with Gasteiger partial charge in [0, 0.05) is 19.7 Å². The Labute approximate surface area is 138 Å².